The third-order valence-electron chi connectivity index (χ3n) is 2.40. The molecule has 88 valence electrons. The molecule has 2 aromatic rings. The molecular formula is C13H15N3O. The maximum Gasteiger partial charge on any atom is 0.222 e. The Labute approximate surface area is 100 Å². The van der Waals surface area contributed by atoms with Crippen molar-refractivity contribution >= 4 is 0 Å². The average Bonchev–Trinajstić information content (AvgIpc) is 2.29. The maximum absolute atomic E-state index is 5.89. The number of aryl methyl sites for hydroxylation is 1. The zero-order valence-electron chi connectivity index (χ0n) is 9.92. The van der Waals surface area contributed by atoms with Gasteiger partial charge in [-0.15, -0.1) is 0 Å². The highest BCUT2D eigenvalue weighted by Crippen LogP contribution is 2.27. The van der Waals surface area contributed by atoms with E-state index in [4.69, 9.17) is 10.5 Å². The average molecular weight is 229 g/mol. The molecule has 1 aromatic heterocycles. The van der Waals surface area contributed by atoms with Crippen molar-refractivity contribution in [2.75, 3.05) is 0 Å². The summed E-state index contributed by atoms with van der Waals surface area (Å²) in [5.41, 5.74) is 7.72. The predicted octanol–water partition coefficient (Wildman–Crippen LogP) is 2.60. The fourth-order valence-corrected chi connectivity index (χ4v) is 1.55. The van der Waals surface area contributed by atoms with Gasteiger partial charge in [0.1, 0.15) is 12.1 Å². The van der Waals surface area contributed by atoms with Gasteiger partial charge in [-0.2, -0.15) is 0 Å². The molecule has 0 amide bonds. The zero-order valence-corrected chi connectivity index (χ0v) is 9.92. The lowest BCUT2D eigenvalue weighted by atomic mass is 10.1. The molecule has 0 aliphatic carbocycles. The Morgan fingerprint density at radius 3 is 2.71 bits per heavy atom. The van der Waals surface area contributed by atoms with Crippen LogP contribution in [0.1, 0.15) is 24.2 Å². The van der Waals surface area contributed by atoms with Gasteiger partial charge in [0.2, 0.25) is 5.88 Å². The molecule has 17 heavy (non-hydrogen) atoms. The van der Waals surface area contributed by atoms with Gasteiger partial charge in [0.15, 0.2) is 0 Å². The quantitative estimate of drug-likeness (QED) is 0.878. The van der Waals surface area contributed by atoms with Crippen molar-refractivity contribution in [1.29, 1.82) is 0 Å². The summed E-state index contributed by atoms with van der Waals surface area (Å²) in [4.78, 5) is 8.08. The molecule has 0 saturated carbocycles. The Kier molecular flexibility index (Phi) is 3.35. The van der Waals surface area contributed by atoms with Gasteiger partial charge < -0.3 is 10.5 Å². The molecule has 0 aliphatic rings. The number of hydrogen-bond donors (Lipinski definition) is 1. The van der Waals surface area contributed by atoms with E-state index in [-0.39, 0.29) is 6.04 Å². The first kappa shape index (κ1) is 11.5. The fourth-order valence-electron chi connectivity index (χ4n) is 1.55. The van der Waals surface area contributed by atoms with E-state index in [9.17, 15) is 0 Å². The molecule has 1 atom stereocenters. The van der Waals surface area contributed by atoms with E-state index < -0.39 is 0 Å². The number of nitrogens with two attached hydrogens (primary N) is 1. The van der Waals surface area contributed by atoms with Crippen molar-refractivity contribution in [2.45, 2.75) is 19.9 Å². The van der Waals surface area contributed by atoms with Crippen LogP contribution in [0.5, 0.6) is 11.6 Å². The molecule has 1 aromatic carbocycles. The summed E-state index contributed by atoms with van der Waals surface area (Å²) in [6.07, 6.45) is 1.49. The highest BCUT2D eigenvalue weighted by atomic mass is 16.5. The molecule has 0 spiro atoms. The molecule has 1 heterocycles. The van der Waals surface area contributed by atoms with Gasteiger partial charge in [-0.25, -0.2) is 9.97 Å². The van der Waals surface area contributed by atoms with Gasteiger partial charge in [-0.1, -0.05) is 18.2 Å². The van der Waals surface area contributed by atoms with Crippen LogP contribution in [0.2, 0.25) is 0 Å². The van der Waals surface area contributed by atoms with Crippen LogP contribution in [0.15, 0.2) is 36.7 Å². The van der Waals surface area contributed by atoms with Crippen LogP contribution in [0, 0.1) is 6.92 Å². The second kappa shape index (κ2) is 4.93. The third-order valence-corrected chi connectivity index (χ3v) is 2.40. The van der Waals surface area contributed by atoms with Gasteiger partial charge in [0.05, 0.1) is 0 Å². The van der Waals surface area contributed by atoms with Crippen molar-refractivity contribution in [1.82, 2.24) is 9.97 Å². The Morgan fingerprint density at radius 1 is 1.24 bits per heavy atom. The van der Waals surface area contributed by atoms with Crippen LogP contribution in [0.25, 0.3) is 0 Å². The minimum Gasteiger partial charge on any atom is -0.439 e. The van der Waals surface area contributed by atoms with E-state index in [0.29, 0.717) is 5.88 Å². The van der Waals surface area contributed by atoms with Crippen LogP contribution in [0.4, 0.5) is 0 Å². The first-order valence-corrected chi connectivity index (χ1v) is 5.48. The summed E-state index contributed by atoms with van der Waals surface area (Å²) < 4.78 is 5.72. The minimum absolute atomic E-state index is 0.0749. The standard InChI is InChI=1S/C13H15N3O/c1-9-7-13(16-8-15-9)17-12-6-4-3-5-11(12)10(2)14/h3-8,10H,14H2,1-2H3. The van der Waals surface area contributed by atoms with Crippen LogP contribution in [-0.4, -0.2) is 9.97 Å². The minimum atomic E-state index is -0.0749. The first-order chi connectivity index (χ1) is 8.16. The van der Waals surface area contributed by atoms with Crippen molar-refractivity contribution < 1.29 is 4.74 Å². The second-order valence-corrected chi connectivity index (χ2v) is 3.93. The molecule has 0 radical (unpaired) electrons. The molecule has 2 rings (SSSR count). The molecule has 0 fully saturated rings. The van der Waals surface area contributed by atoms with E-state index in [2.05, 4.69) is 9.97 Å². The number of benzene rings is 1. The SMILES string of the molecule is Cc1cc(Oc2ccccc2C(C)N)ncn1. The van der Waals surface area contributed by atoms with Crippen LogP contribution < -0.4 is 10.5 Å². The van der Waals surface area contributed by atoms with Crippen molar-refractivity contribution in [3.8, 4) is 11.6 Å². The van der Waals surface area contributed by atoms with Gasteiger partial charge in [0, 0.05) is 23.4 Å². The largest absolute Gasteiger partial charge is 0.439 e. The maximum atomic E-state index is 5.89. The summed E-state index contributed by atoms with van der Waals surface area (Å²) in [7, 11) is 0. The topological polar surface area (TPSA) is 61.0 Å². The van der Waals surface area contributed by atoms with Crippen LogP contribution in [0.3, 0.4) is 0 Å². The monoisotopic (exact) mass is 229 g/mol. The Hall–Kier alpha value is -1.94. The Balaban J connectivity index is 2.30. The zero-order chi connectivity index (χ0) is 12.3. The van der Waals surface area contributed by atoms with Crippen LogP contribution >= 0.6 is 0 Å². The van der Waals surface area contributed by atoms with E-state index in [1.165, 1.54) is 6.33 Å². The molecule has 0 aliphatic heterocycles. The van der Waals surface area contributed by atoms with Crippen LogP contribution in [-0.2, 0) is 0 Å². The van der Waals surface area contributed by atoms with Crippen molar-refractivity contribution in [3.05, 3.63) is 47.9 Å². The van der Waals surface area contributed by atoms with E-state index in [0.717, 1.165) is 17.0 Å². The molecule has 0 saturated heterocycles. The lowest BCUT2D eigenvalue weighted by Gasteiger charge is -2.12. The van der Waals surface area contributed by atoms with Crippen molar-refractivity contribution in [3.63, 3.8) is 0 Å². The predicted molar refractivity (Wildman–Crippen MR) is 65.9 cm³/mol. The van der Waals surface area contributed by atoms with E-state index in [1.807, 2.05) is 38.1 Å². The number of hydrogen-bond acceptors (Lipinski definition) is 4. The molecular weight excluding hydrogens is 214 g/mol. The third kappa shape index (κ3) is 2.79. The van der Waals surface area contributed by atoms with Crippen molar-refractivity contribution in [2.24, 2.45) is 5.73 Å². The molecule has 1 unspecified atom stereocenters. The van der Waals surface area contributed by atoms with Gasteiger partial charge in [-0.3, -0.25) is 0 Å². The van der Waals surface area contributed by atoms with Gasteiger partial charge >= 0.3 is 0 Å². The lowest BCUT2D eigenvalue weighted by Crippen LogP contribution is -2.06. The number of ether oxygens (including phenoxy) is 1. The summed E-state index contributed by atoms with van der Waals surface area (Å²) in [5, 5.41) is 0. The molecule has 4 nitrogen and oxygen atoms in total. The first-order valence-electron chi connectivity index (χ1n) is 5.48. The Bertz CT molecular complexity index is 512. The summed E-state index contributed by atoms with van der Waals surface area (Å²) in [6.45, 7) is 3.82. The second-order valence-electron chi connectivity index (χ2n) is 3.93. The summed E-state index contributed by atoms with van der Waals surface area (Å²) in [6, 6.07) is 9.41. The fraction of sp³-hybridized carbons (Fsp3) is 0.231. The highest BCUT2D eigenvalue weighted by molar-refractivity contribution is 5.37. The van der Waals surface area contributed by atoms with Gasteiger partial charge in [0.25, 0.3) is 0 Å². The highest BCUT2D eigenvalue weighted by Gasteiger charge is 2.08. The number of nitrogens with zero attached hydrogens (tertiary/aromatic N) is 2. The molecule has 4 heteroatoms. The van der Waals surface area contributed by atoms with Gasteiger partial charge in [-0.05, 0) is 19.9 Å². The van der Waals surface area contributed by atoms with E-state index in [1.54, 1.807) is 6.07 Å². The Morgan fingerprint density at radius 2 is 2.00 bits per heavy atom. The summed E-state index contributed by atoms with van der Waals surface area (Å²) in [5.74, 6) is 1.27. The lowest BCUT2D eigenvalue weighted by molar-refractivity contribution is 0.451. The molecule has 2 N–H and O–H groups in total. The smallest absolute Gasteiger partial charge is 0.222 e. The summed E-state index contributed by atoms with van der Waals surface area (Å²) >= 11 is 0. The van der Waals surface area contributed by atoms with E-state index >= 15 is 0 Å². The number of para-hydroxylation sites is 1. The number of rotatable bonds is 3. The molecule has 0 bridgehead atoms. The number of aromatic nitrogens is 2. The normalized spacial score (nSPS) is 12.2.